The summed E-state index contributed by atoms with van der Waals surface area (Å²) < 4.78 is 24.6. The maximum atomic E-state index is 13.1. The molecule has 28 heavy (non-hydrogen) atoms. The van der Waals surface area contributed by atoms with E-state index in [1.54, 1.807) is 18.2 Å². The molecule has 6 heteroatoms. The standard InChI is InChI=1S/C22H19ClFNO3/c1-2-20(27-18-11-9-16(24)10-12-18)22(26)25-19-14-15(23)8-13-21(19)28-17-6-4-3-5-7-17/h3-14,20H,2H2,1H3,(H,25,26)/t20-/m0/s1. The van der Waals surface area contributed by atoms with Gasteiger partial charge in [-0.2, -0.15) is 0 Å². The predicted octanol–water partition coefficient (Wildman–Crippen LogP) is 6.07. The lowest BCUT2D eigenvalue weighted by atomic mass is 10.2. The highest BCUT2D eigenvalue weighted by molar-refractivity contribution is 6.31. The molecule has 3 rings (SSSR count). The first-order chi connectivity index (χ1) is 13.5. The average Bonchev–Trinajstić information content (AvgIpc) is 2.70. The number of halogens is 2. The molecule has 3 aromatic carbocycles. The Hall–Kier alpha value is -3.05. The monoisotopic (exact) mass is 399 g/mol. The molecule has 144 valence electrons. The van der Waals surface area contributed by atoms with Crippen molar-refractivity contribution in [3.05, 3.63) is 83.6 Å². The Morgan fingerprint density at radius 1 is 1.04 bits per heavy atom. The van der Waals surface area contributed by atoms with Crippen LogP contribution < -0.4 is 14.8 Å². The third kappa shape index (κ3) is 5.24. The third-order valence-corrected chi connectivity index (χ3v) is 4.16. The van der Waals surface area contributed by atoms with Crippen LogP contribution in [0.2, 0.25) is 5.02 Å². The quantitative estimate of drug-likeness (QED) is 0.524. The van der Waals surface area contributed by atoms with Gasteiger partial charge in [0.1, 0.15) is 17.3 Å². The van der Waals surface area contributed by atoms with Crippen LogP contribution in [0.15, 0.2) is 72.8 Å². The van der Waals surface area contributed by atoms with Crippen molar-refractivity contribution in [1.82, 2.24) is 0 Å². The van der Waals surface area contributed by atoms with E-state index in [9.17, 15) is 9.18 Å². The molecule has 0 spiro atoms. The topological polar surface area (TPSA) is 47.6 Å². The summed E-state index contributed by atoms with van der Waals surface area (Å²) in [5, 5.41) is 3.27. The number of carbonyl (C=O) groups is 1. The number of carbonyl (C=O) groups excluding carboxylic acids is 1. The van der Waals surface area contributed by atoms with E-state index in [-0.39, 0.29) is 11.7 Å². The minimum absolute atomic E-state index is 0.355. The van der Waals surface area contributed by atoms with Crippen LogP contribution in [-0.2, 0) is 4.79 Å². The van der Waals surface area contributed by atoms with Gasteiger partial charge >= 0.3 is 0 Å². The number of benzene rings is 3. The molecule has 0 radical (unpaired) electrons. The Morgan fingerprint density at radius 2 is 1.75 bits per heavy atom. The summed E-state index contributed by atoms with van der Waals surface area (Å²) in [5.74, 6) is 0.782. The van der Waals surface area contributed by atoms with Crippen molar-refractivity contribution in [2.24, 2.45) is 0 Å². The predicted molar refractivity (Wildman–Crippen MR) is 108 cm³/mol. The Kier molecular flexibility index (Phi) is 6.50. The highest BCUT2D eigenvalue weighted by atomic mass is 35.5. The van der Waals surface area contributed by atoms with Crippen LogP contribution in [0, 0.1) is 5.82 Å². The number of hydrogen-bond donors (Lipinski definition) is 1. The number of amides is 1. The van der Waals surface area contributed by atoms with Crippen LogP contribution in [0.3, 0.4) is 0 Å². The van der Waals surface area contributed by atoms with E-state index in [2.05, 4.69) is 5.32 Å². The molecule has 0 aliphatic rings. The van der Waals surface area contributed by atoms with Crippen LogP contribution in [0.1, 0.15) is 13.3 Å². The lowest BCUT2D eigenvalue weighted by Crippen LogP contribution is -2.32. The molecule has 0 aliphatic carbocycles. The SMILES string of the molecule is CC[C@H](Oc1ccc(F)cc1)C(=O)Nc1cc(Cl)ccc1Oc1ccccc1. The van der Waals surface area contributed by atoms with E-state index in [1.165, 1.54) is 24.3 Å². The summed E-state index contributed by atoms with van der Waals surface area (Å²) in [4.78, 5) is 12.7. The van der Waals surface area contributed by atoms with Gasteiger partial charge in [0, 0.05) is 5.02 Å². The largest absolute Gasteiger partial charge is 0.481 e. The van der Waals surface area contributed by atoms with Crippen molar-refractivity contribution in [3.8, 4) is 17.2 Å². The molecule has 4 nitrogen and oxygen atoms in total. The van der Waals surface area contributed by atoms with Crippen LogP contribution in [0.5, 0.6) is 17.2 Å². The number of hydrogen-bond acceptors (Lipinski definition) is 3. The Labute approximate surface area is 167 Å². The zero-order valence-corrected chi connectivity index (χ0v) is 15.9. The lowest BCUT2D eigenvalue weighted by molar-refractivity contribution is -0.122. The molecule has 0 unspecified atom stereocenters. The first-order valence-corrected chi connectivity index (χ1v) is 9.18. The van der Waals surface area contributed by atoms with Crippen molar-refractivity contribution in [1.29, 1.82) is 0 Å². The van der Waals surface area contributed by atoms with Gasteiger partial charge in [0.2, 0.25) is 0 Å². The fourth-order valence-electron chi connectivity index (χ4n) is 2.52. The Bertz CT molecular complexity index is 932. The molecular weight excluding hydrogens is 381 g/mol. The molecule has 0 aliphatic heterocycles. The van der Waals surface area contributed by atoms with Crippen molar-refractivity contribution in [2.75, 3.05) is 5.32 Å². The van der Waals surface area contributed by atoms with Gasteiger partial charge in [0.05, 0.1) is 5.69 Å². The van der Waals surface area contributed by atoms with Gasteiger partial charge in [0.15, 0.2) is 11.9 Å². The average molecular weight is 400 g/mol. The first kappa shape index (κ1) is 19.7. The molecule has 1 atom stereocenters. The molecule has 0 saturated carbocycles. The third-order valence-electron chi connectivity index (χ3n) is 3.93. The molecule has 3 aromatic rings. The molecule has 0 bridgehead atoms. The van der Waals surface area contributed by atoms with E-state index in [1.807, 2.05) is 37.3 Å². The molecule has 0 aromatic heterocycles. The van der Waals surface area contributed by atoms with Gasteiger partial charge in [-0.1, -0.05) is 36.7 Å². The zero-order valence-electron chi connectivity index (χ0n) is 15.2. The van der Waals surface area contributed by atoms with Crippen LogP contribution in [0.4, 0.5) is 10.1 Å². The molecule has 0 fully saturated rings. The highest BCUT2D eigenvalue weighted by Gasteiger charge is 2.20. The molecule has 1 amide bonds. The zero-order chi connectivity index (χ0) is 19.9. The van der Waals surface area contributed by atoms with Gasteiger partial charge in [0.25, 0.3) is 5.91 Å². The van der Waals surface area contributed by atoms with Crippen LogP contribution >= 0.6 is 11.6 Å². The lowest BCUT2D eigenvalue weighted by Gasteiger charge is -2.19. The van der Waals surface area contributed by atoms with Crippen molar-refractivity contribution in [2.45, 2.75) is 19.4 Å². The Balaban J connectivity index is 1.76. The van der Waals surface area contributed by atoms with Gasteiger partial charge in [-0.05, 0) is 61.0 Å². The summed E-state index contributed by atoms with van der Waals surface area (Å²) in [5.41, 5.74) is 0.433. The normalized spacial score (nSPS) is 11.5. The summed E-state index contributed by atoms with van der Waals surface area (Å²) in [7, 11) is 0. The number of anilines is 1. The fourth-order valence-corrected chi connectivity index (χ4v) is 2.69. The van der Waals surface area contributed by atoms with Crippen molar-refractivity contribution in [3.63, 3.8) is 0 Å². The van der Waals surface area contributed by atoms with Gasteiger partial charge in [-0.15, -0.1) is 0 Å². The van der Waals surface area contributed by atoms with Crippen LogP contribution in [-0.4, -0.2) is 12.0 Å². The van der Waals surface area contributed by atoms with Gasteiger partial charge < -0.3 is 14.8 Å². The summed E-state index contributed by atoms with van der Waals surface area (Å²) in [6.07, 6.45) is -0.326. The second-order valence-electron chi connectivity index (χ2n) is 6.01. The van der Waals surface area contributed by atoms with Gasteiger partial charge in [-0.25, -0.2) is 4.39 Å². The summed E-state index contributed by atoms with van der Waals surface area (Å²) >= 11 is 6.09. The second-order valence-corrected chi connectivity index (χ2v) is 6.45. The summed E-state index contributed by atoms with van der Waals surface area (Å²) in [6.45, 7) is 1.83. The van der Waals surface area contributed by atoms with Gasteiger partial charge in [-0.3, -0.25) is 4.79 Å². The fraction of sp³-hybridized carbons (Fsp3) is 0.136. The number of para-hydroxylation sites is 1. The number of nitrogens with one attached hydrogen (secondary N) is 1. The molecule has 1 N–H and O–H groups in total. The number of ether oxygens (including phenoxy) is 2. The maximum absolute atomic E-state index is 13.1. The smallest absolute Gasteiger partial charge is 0.265 e. The number of rotatable bonds is 7. The molecule has 0 heterocycles. The minimum Gasteiger partial charge on any atom is -0.481 e. The van der Waals surface area contributed by atoms with E-state index in [0.717, 1.165) is 0 Å². The van der Waals surface area contributed by atoms with E-state index >= 15 is 0 Å². The highest BCUT2D eigenvalue weighted by Crippen LogP contribution is 2.32. The Morgan fingerprint density at radius 3 is 2.43 bits per heavy atom. The first-order valence-electron chi connectivity index (χ1n) is 8.80. The maximum Gasteiger partial charge on any atom is 0.265 e. The second kappa shape index (κ2) is 9.24. The molecule has 0 saturated heterocycles. The minimum atomic E-state index is -0.756. The summed E-state index contributed by atoms with van der Waals surface area (Å²) in [6, 6.07) is 19.7. The van der Waals surface area contributed by atoms with E-state index < -0.39 is 6.10 Å². The van der Waals surface area contributed by atoms with E-state index in [0.29, 0.717) is 34.4 Å². The van der Waals surface area contributed by atoms with Crippen LogP contribution in [0.25, 0.3) is 0 Å². The van der Waals surface area contributed by atoms with Crippen molar-refractivity contribution < 1.29 is 18.7 Å². The van der Waals surface area contributed by atoms with E-state index in [4.69, 9.17) is 21.1 Å². The van der Waals surface area contributed by atoms with Crippen molar-refractivity contribution >= 4 is 23.2 Å². The molecular formula is C22H19ClFNO3.